The molecular weight excluding hydrogens is 408 g/mol. The number of carbonyl (C=O) groups is 1. The lowest BCUT2D eigenvalue weighted by Gasteiger charge is -2.29. The standard InChI is InChI=1S/C25H28N2O3S/c1-4-20(2)27(19-21-12-7-5-8-13-21)25(28)22-14-11-17-24(18-22)31(29,30)26(3)23-15-9-6-10-16-23/h5-18,20H,4,19H2,1-3H3. The first-order valence-electron chi connectivity index (χ1n) is 10.3. The maximum absolute atomic E-state index is 13.4. The first-order chi connectivity index (χ1) is 14.8. The quantitative estimate of drug-likeness (QED) is 0.502. The van der Waals surface area contributed by atoms with Gasteiger partial charge in [0.15, 0.2) is 0 Å². The van der Waals surface area contributed by atoms with Crippen molar-refractivity contribution in [1.29, 1.82) is 0 Å². The molecule has 1 atom stereocenters. The second kappa shape index (κ2) is 9.79. The lowest BCUT2D eigenvalue weighted by atomic mass is 10.1. The third-order valence-electron chi connectivity index (χ3n) is 5.44. The molecule has 0 N–H and O–H groups in total. The van der Waals surface area contributed by atoms with E-state index in [1.807, 2.05) is 50.2 Å². The van der Waals surface area contributed by atoms with Gasteiger partial charge in [0.05, 0.1) is 10.6 Å². The van der Waals surface area contributed by atoms with Gasteiger partial charge in [-0.15, -0.1) is 0 Å². The van der Waals surface area contributed by atoms with Gasteiger partial charge in [0.25, 0.3) is 15.9 Å². The van der Waals surface area contributed by atoms with Gasteiger partial charge in [0.1, 0.15) is 0 Å². The normalized spacial score (nSPS) is 12.2. The summed E-state index contributed by atoms with van der Waals surface area (Å²) < 4.78 is 27.5. The summed E-state index contributed by atoms with van der Waals surface area (Å²) >= 11 is 0. The van der Waals surface area contributed by atoms with Gasteiger partial charge in [-0.2, -0.15) is 0 Å². The smallest absolute Gasteiger partial charge is 0.264 e. The van der Waals surface area contributed by atoms with Crippen molar-refractivity contribution in [2.75, 3.05) is 11.4 Å². The Morgan fingerprint density at radius 1 is 0.903 bits per heavy atom. The number of rotatable bonds is 8. The Morgan fingerprint density at radius 2 is 1.52 bits per heavy atom. The van der Waals surface area contributed by atoms with Crippen LogP contribution in [0, 0.1) is 0 Å². The summed E-state index contributed by atoms with van der Waals surface area (Å²) in [5, 5.41) is 0. The molecule has 0 aliphatic heterocycles. The van der Waals surface area contributed by atoms with Crippen LogP contribution >= 0.6 is 0 Å². The van der Waals surface area contributed by atoms with E-state index < -0.39 is 10.0 Å². The molecule has 0 heterocycles. The van der Waals surface area contributed by atoms with Crippen LogP contribution in [0.3, 0.4) is 0 Å². The zero-order valence-electron chi connectivity index (χ0n) is 18.1. The molecule has 0 aliphatic carbocycles. The number of hydrogen-bond acceptors (Lipinski definition) is 3. The monoisotopic (exact) mass is 436 g/mol. The van der Waals surface area contributed by atoms with Crippen LogP contribution in [0.25, 0.3) is 0 Å². The van der Waals surface area contributed by atoms with Crippen molar-refractivity contribution < 1.29 is 13.2 Å². The molecule has 0 radical (unpaired) electrons. The van der Waals surface area contributed by atoms with Crippen molar-refractivity contribution in [3.05, 3.63) is 96.1 Å². The van der Waals surface area contributed by atoms with Gasteiger partial charge < -0.3 is 4.90 Å². The zero-order valence-corrected chi connectivity index (χ0v) is 18.9. The maximum Gasteiger partial charge on any atom is 0.264 e. The Labute approximate surface area is 185 Å². The molecule has 0 spiro atoms. The highest BCUT2D eigenvalue weighted by atomic mass is 32.2. The van der Waals surface area contributed by atoms with Crippen molar-refractivity contribution in [3.63, 3.8) is 0 Å². The van der Waals surface area contributed by atoms with Gasteiger partial charge in [-0.05, 0) is 49.2 Å². The van der Waals surface area contributed by atoms with Crippen molar-refractivity contribution in [2.45, 2.75) is 37.8 Å². The summed E-state index contributed by atoms with van der Waals surface area (Å²) in [6.07, 6.45) is 0.799. The van der Waals surface area contributed by atoms with E-state index in [-0.39, 0.29) is 16.8 Å². The third-order valence-corrected chi connectivity index (χ3v) is 7.22. The zero-order chi connectivity index (χ0) is 22.4. The van der Waals surface area contributed by atoms with Crippen LogP contribution in [0.2, 0.25) is 0 Å². The van der Waals surface area contributed by atoms with Crippen LogP contribution in [0.4, 0.5) is 5.69 Å². The van der Waals surface area contributed by atoms with E-state index in [0.717, 1.165) is 12.0 Å². The SMILES string of the molecule is CCC(C)N(Cc1ccccc1)C(=O)c1cccc(S(=O)(=O)N(C)c2ccccc2)c1. The molecule has 1 unspecified atom stereocenters. The van der Waals surface area contributed by atoms with E-state index in [4.69, 9.17) is 0 Å². The topological polar surface area (TPSA) is 57.7 Å². The number of para-hydroxylation sites is 1. The van der Waals surface area contributed by atoms with Crippen molar-refractivity contribution in [1.82, 2.24) is 4.90 Å². The van der Waals surface area contributed by atoms with Crippen LogP contribution in [0.1, 0.15) is 36.2 Å². The Bertz CT molecular complexity index is 1120. The Balaban J connectivity index is 1.92. The minimum absolute atomic E-state index is 0.0139. The molecule has 3 rings (SSSR count). The Morgan fingerprint density at radius 3 is 2.13 bits per heavy atom. The molecule has 0 aromatic heterocycles. The lowest BCUT2D eigenvalue weighted by molar-refractivity contribution is 0.0671. The van der Waals surface area contributed by atoms with Crippen molar-refractivity contribution in [2.24, 2.45) is 0 Å². The largest absolute Gasteiger partial charge is 0.332 e. The van der Waals surface area contributed by atoms with E-state index in [0.29, 0.717) is 17.8 Å². The van der Waals surface area contributed by atoms with Crippen LogP contribution in [-0.2, 0) is 16.6 Å². The lowest BCUT2D eigenvalue weighted by Crippen LogP contribution is -2.38. The predicted molar refractivity (Wildman–Crippen MR) is 125 cm³/mol. The van der Waals surface area contributed by atoms with Gasteiger partial charge >= 0.3 is 0 Å². The fraction of sp³-hybridized carbons (Fsp3) is 0.240. The number of carbonyl (C=O) groups excluding carboxylic acids is 1. The molecule has 3 aromatic carbocycles. The molecule has 0 saturated carbocycles. The van der Waals surface area contributed by atoms with E-state index in [9.17, 15) is 13.2 Å². The van der Waals surface area contributed by atoms with Crippen LogP contribution in [0.15, 0.2) is 89.8 Å². The van der Waals surface area contributed by atoms with Gasteiger partial charge in [0.2, 0.25) is 0 Å². The summed E-state index contributed by atoms with van der Waals surface area (Å²) in [5.41, 5.74) is 1.95. The molecule has 0 saturated heterocycles. The molecule has 162 valence electrons. The number of hydrogen-bond donors (Lipinski definition) is 0. The van der Waals surface area contributed by atoms with Gasteiger partial charge in [0, 0.05) is 25.2 Å². The summed E-state index contributed by atoms with van der Waals surface area (Å²) in [6.45, 7) is 4.51. The first kappa shape index (κ1) is 22.6. The van der Waals surface area contributed by atoms with E-state index in [2.05, 4.69) is 0 Å². The Kier molecular flexibility index (Phi) is 7.13. The highest BCUT2D eigenvalue weighted by Crippen LogP contribution is 2.23. The number of nitrogens with zero attached hydrogens (tertiary/aromatic N) is 2. The first-order valence-corrected chi connectivity index (χ1v) is 11.8. The second-order valence-electron chi connectivity index (χ2n) is 7.51. The van der Waals surface area contributed by atoms with Crippen LogP contribution in [-0.4, -0.2) is 32.3 Å². The van der Waals surface area contributed by atoms with Gasteiger partial charge in [-0.3, -0.25) is 9.10 Å². The van der Waals surface area contributed by atoms with Crippen molar-refractivity contribution >= 4 is 21.6 Å². The summed E-state index contributed by atoms with van der Waals surface area (Å²) in [4.78, 5) is 15.3. The minimum Gasteiger partial charge on any atom is -0.332 e. The highest BCUT2D eigenvalue weighted by molar-refractivity contribution is 7.92. The highest BCUT2D eigenvalue weighted by Gasteiger charge is 2.25. The average molecular weight is 437 g/mol. The third kappa shape index (κ3) is 5.14. The molecule has 31 heavy (non-hydrogen) atoms. The minimum atomic E-state index is -3.80. The average Bonchev–Trinajstić information content (AvgIpc) is 2.82. The number of amides is 1. The predicted octanol–water partition coefficient (Wildman–Crippen LogP) is 4.95. The molecular formula is C25H28N2O3S. The van der Waals surface area contributed by atoms with E-state index in [1.165, 1.54) is 23.5 Å². The molecule has 5 nitrogen and oxygen atoms in total. The van der Waals surface area contributed by atoms with E-state index in [1.54, 1.807) is 41.3 Å². The molecule has 0 bridgehead atoms. The van der Waals surface area contributed by atoms with Crippen LogP contribution < -0.4 is 4.31 Å². The van der Waals surface area contributed by atoms with Crippen LogP contribution in [0.5, 0.6) is 0 Å². The molecule has 3 aromatic rings. The fourth-order valence-corrected chi connectivity index (χ4v) is 4.56. The molecule has 1 amide bonds. The van der Waals surface area contributed by atoms with E-state index >= 15 is 0 Å². The summed E-state index contributed by atoms with van der Waals surface area (Å²) in [5.74, 6) is -0.183. The fourth-order valence-electron chi connectivity index (χ4n) is 3.32. The van der Waals surface area contributed by atoms with Crippen molar-refractivity contribution in [3.8, 4) is 0 Å². The maximum atomic E-state index is 13.4. The number of sulfonamides is 1. The van der Waals surface area contributed by atoms with Gasteiger partial charge in [-0.1, -0.05) is 61.5 Å². The molecule has 0 fully saturated rings. The summed E-state index contributed by atoms with van der Waals surface area (Å²) in [6, 6.07) is 25.0. The Hall–Kier alpha value is -3.12. The molecule has 0 aliphatic rings. The summed E-state index contributed by atoms with van der Waals surface area (Å²) in [7, 11) is -2.28. The molecule has 6 heteroatoms. The van der Waals surface area contributed by atoms with Gasteiger partial charge in [-0.25, -0.2) is 8.42 Å². The number of anilines is 1. The number of benzene rings is 3. The second-order valence-corrected chi connectivity index (χ2v) is 9.48.